The zero-order valence-electron chi connectivity index (χ0n) is 20.1. The second-order valence-corrected chi connectivity index (χ2v) is 9.79. The molecule has 0 aliphatic carbocycles. The molecular formula is C27H27N5O2S. The zero-order valence-corrected chi connectivity index (χ0v) is 20.9. The molecule has 0 bridgehead atoms. The first kappa shape index (κ1) is 24.3. The molecule has 0 aliphatic heterocycles. The number of Topliss-reactive ketones (excluding diaryl/α,β-unsaturated/α-hetero) is 1. The molecule has 1 amide bonds. The highest BCUT2D eigenvalue weighted by Gasteiger charge is 2.23. The first-order chi connectivity index (χ1) is 16.8. The lowest BCUT2D eigenvalue weighted by Gasteiger charge is -2.18. The molecule has 1 unspecified atom stereocenters. The van der Waals surface area contributed by atoms with Gasteiger partial charge in [-0.05, 0) is 67.8 Å². The number of aromatic nitrogens is 4. The summed E-state index contributed by atoms with van der Waals surface area (Å²) in [6.45, 7) is 7.64. The molecular weight excluding hydrogens is 458 g/mol. The normalized spacial score (nSPS) is 11.9. The number of nitrogens with one attached hydrogen (secondary N) is 1. The minimum Gasteiger partial charge on any atom is -0.325 e. The summed E-state index contributed by atoms with van der Waals surface area (Å²) in [7, 11) is 0. The molecule has 0 radical (unpaired) electrons. The van der Waals surface area contributed by atoms with Gasteiger partial charge in [-0.15, -0.1) is 10.2 Å². The maximum atomic E-state index is 13.0. The Balaban J connectivity index is 1.65. The lowest BCUT2D eigenvalue weighted by molar-refractivity contribution is -0.115. The van der Waals surface area contributed by atoms with E-state index in [0.717, 1.165) is 16.8 Å². The van der Waals surface area contributed by atoms with Gasteiger partial charge < -0.3 is 5.32 Å². The molecule has 1 atom stereocenters. The van der Waals surface area contributed by atoms with Crippen LogP contribution in [0.1, 0.15) is 49.5 Å². The number of carbonyl (C=O) groups is 2. The van der Waals surface area contributed by atoms with E-state index in [1.165, 1.54) is 18.7 Å². The van der Waals surface area contributed by atoms with Crippen molar-refractivity contribution in [3.05, 3.63) is 84.2 Å². The van der Waals surface area contributed by atoms with E-state index in [9.17, 15) is 9.59 Å². The molecule has 4 aromatic rings. The molecule has 0 saturated heterocycles. The Hall–Kier alpha value is -3.78. The number of ketones is 1. The average molecular weight is 486 g/mol. The van der Waals surface area contributed by atoms with Gasteiger partial charge in [-0.25, -0.2) is 0 Å². The van der Waals surface area contributed by atoms with Gasteiger partial charge in [-0.2, -0.15) is 0 Å². The van der Waals surface area contributed by atoms with Gasteiger partial charge in [0.1, 0.15) is 0 Å². The van der Waals surface area contributed by atoms with E-state index in [1.807, 2.05) is 41.8 Å². The molecule has 0 aliphatic rings. The lowest BCUT2D eigenvalue weighted by atomic mass is 10.0. The molecule has 7 nitrogen and oxygen atoms in total. The molecule has 2 aromatic carbocycles. The van der Waals surface area contributed by atoms with Crippen LogP contribution in [0.5, 0.6) is 0 Å². The van der Waals surface area contributed by atoms with Crippen LogP contribution in [-0.2, 0) is 4.79 Å². The predicted octanol–water partition coefficient (Wildman–Crippen LogP) is 5.77. The van der Waals surface area contributed by atoms with Gasteiger partial charge in [0.2, 0.25) is 5.91 Å². The highest BCUT2D eigenvalue weighted by Crippen LogP contribution is 2.33. The molecule has 0 fully saturated rings. The first-order valence-corrected chi connectivity index (χ1v) is 12.3. The molecule has 4 rings (SSSR count). The maximum absolute atomic E-state index is 13.0. The van der Waals surface area contributed by atoms with Crippen LogP contribution in [0.4, 0.5) is 5.69 Å². The Labute approximate surface area is 209 Å². The highest BCUT2D eigenvalue weighted by atomic mass is 32.2. The van der Waals surface area contributed by atoms with Crippen molar-refractivity contribution >= 4 is 29.1 Å². The summed E-state index contributed by atoms with van der Waals surface area (Å²) in [5.74, 6) is 0.769. The summed E-state index contributed by atoms with van der Waals surface area (Å²) < 4.78 is 2.00. The van der Waals surface area contributed by atoms with Gasteiger partial charge in [-0.1, -0.05) is 43.8 Å². The number of hydrogen-bond donors (Lipinski definition) is 1. The monoisotopic (exact) mass is 485 g/mol. The van der Waals surface area contributed by atoms with Crippen molar-refractivity contribution in [2.24, 2.45) is 0 Å². The molecule has 2 heterocycles. The standard InChI is InChI=1S/C27H27N5O2S/c1-17(2)23-9-5-6-10-24(23)32-25(21-8-7-15-28-16-21)30-31-27(32)35-19(4)26(34)29-22-13-11-20(12-14-22)18(3)33/h5-17,19H,1-4H3,(H,29,34). The van der Waals surface area contributed by atoms with Crippen molar-refractivity contribution in [1.82, 2.24) is 19.7 Å². The van der Waals surface area contributed by atoms with Crippen LogP contribution in [0.3, 0.4) is 0 Å². The van der Waals surface area contributed by atoms with Crippen LogP contribution >= 0.6 is 11.8 Å². The number of anilines is 1. The number of hydrogen-bond acceptors (Lipinski definition) is 6. The zero-order chi connectivity index (χ0) is 24.9. The van der Waals surface area contributed by atoms with Crippen LogP contribution < -0.4 is 5.32 Å². The molecule has 2 aromatic heterocycles. The minimum absolute atomic E-state index is 0.0164. The quantitative estimate of drug-likeness (QED) is 0.252. The van der Waals surface area contributed by atoms with Crippen LogP contribution in [0.15, 0.2) is 78.2 Å². The lowest BCUT2D eigenvalue weighted by Crippen LogP contribution is -2.23. The number of nitrogens with zero attached hydrogens (tertiary/aromatic N) is 4. The minimum atomic E-state index is -0.446. The van der Waals surface area contributed by atoms with Crippen LogP contribution in [-0.4, -0.2) is 36.7 Å². The van der Waals surface area contributed by atoms with Gasteiger partial charge in [-0.3, -0.25) is 19.1 Å². The SMILES string of the molecule is CC(=O)c1ccc(NC(=O)C(C)Sc2nnc(-c3cccnc3)n2-c2ccccc2C(C)C)cc1. The third kappa shape index (κ3) is 5.49. The van der Waals surface area contributed by atoms with Gasteiger partial charge in [0, 0.05) is 29.2 Å². The number of para-hydroxylation sites is 1. The average Bonchev–Trinajstić information content (AvgIpc) is 3.28. The fraction of sp³-hybridized carbons (Fsp3) is 0.222. The molecule has 0 saturated carbocycles. The van der Waals surface area contributed by atoms with E-state index in [0.29, 0.717) is 22.2 Å². The first-order valence-electron chi connectivity index (χ1n) is 11.4. The second kappa shape index (κ2) is 10.7. The fourth-order valence-corrected chi connectivity index (χ4v) is 4.53. The van der Waals surface area contributed by atoms with Gasteiger partial charge in [0.15, 0.2) is 16.8 Å². The molecule has 1 N–H and O–H groups in total. The molecule has 8 heteroatoms. The van der Waals surface area contributed by atoms with E-state index in [4.69, 9.17) is 0 Å². The van der Waals surface area contributed by atoms with Gasteiger partial charge >= 0.3 is 0 Å². The van der Waals surface area contributed by atoms with E-state index in [-0.39, 0.29) is 17.6 Å². The van der Waals surface area contributed by atoms with E-state index < -0.39 is 5.25 Å². The summed E-state index contributed by atoms with van der Waals surface area (Å²) in [4.78, 5) is 28.7. The topological polar surface area (TPSA) is 89.8 Å². The van der Waals surface area contributed by atoms with E-state index in [1.54, 1.807) is 36.7 Å². The number of thioether (sulfide) groups is 1. The predicted molar refractivity (Wildman–Crippen MR) is 139 cm³/mol. The van der Waals surface area contributed by atoms with Crippen molar-refractivity contribution in [1.29, 1.82) is 0 Å². The molecule has 178 valence electrons. The number of amides is 1. The fourth-order valence-electron chi connectivity index (χ4n) is 3.67. The van der Waals surface area contributed by atoms with Crippen molar-refractivity contribution < 1.29 is 9.59 Å². The summed E-state index contributed by atoms with van der Waals surface area (Å²) in [6, 6.07) is 18.8. The van der Waals surface area contributed by atoms with Crippen molar-refractivity contribution in [3.63, 3.8) is 0 Å². The molecule has 0 spiro atoms. The third-order valence-corrected chi connectivity index (χ3v) is 6.61. The highest BCUT2D eigenvalue weighted by molar-refractivity contribution is 8.00. The smallest absolute Gasteiger partial charge is 0.237 e. The van der Waals surface area contributed by atoms with E-state index >= 15 is 0 Å². The Bertz CT molecular complexity index is 1330. The van der Waals surface area contributed by atoms with E-state index in [2.05, 4.69) is 40.4 Å². The summed E-state index contributed by atoms with van der Waals surface area (Å²) in [5, 5.41) is 12.0. The number of rotatable bonds is 8. The Morgan fingerprint density at radius 2 is 1.69 bits per heavy atom. The number of carbonyl (C=O) groups excluding carboxylic acids is 2. The number of pyridine rings is 1. The van der Waals surface area contributed by atoms with Crippen molar-refractivity contribution in [2.45, 2.75) is 44.0 Å². The maximum Gasteiger partial charge on any atom is 0.237 e. The van der Waals surface area contributed by atoms with Gasteiger partial charge in [0.05, 0.1) is 10.9 Å². The summed E-state index contributed by atoms with van der Waals surface area (Å²) in [5.41, 5.74) is 4.21. The van der Waals surface area contributed by atoms with Gasteiger partial charge in [0.25, 0.3) is 0 Å². The number of benzene rings is 2. The van der Waals surface area contributed by atoms with Crippen LogP contribution in [0.25, 0.3) is 17.1 Å². The largest absolute Gasteiger partial charge is 0.325 e. The Kier molecular flexibility index (Phi) is 7.41. The Morgan fingerprint density at radius 1 is 0.943 bits per heavy atom. The Morgan fingerprint density at radius 3 is 2.34 bits per heavy atom. The summed E-state index contributed by atoms with van der Waals surface area (Å²) in [6.07, 6.45) is 3.48. The second-order valence-electron chi connectivity index (χ2n) is 8.48. The van der Waals surface area contributed by atoms with Crippen LogP contribution in [0.2, 0.25) is 0 Å². The molecule has 35 heavy (non-hydrogen) atoms. The van der Waals surface area contributed by atoms with Crippen molar-refractivity contribution in [3.8, 4) is 17.1 Å². The summed E-state index contributed by atoms with van der Waals surface area (Å²) >= 11 is 1.34. The third-order valence-electron chi connectivity index (χ3n) is 5.56. The van der Waals surface area contributed by atoms with Crippen LogP contribution in [0, 0.1) is 0 Å². The van der Waals surface area contributed by atoms with Crippen molar-refractivity contribution in [2.75, 3.05) is 5.32 Å².